The molecule has 0 unspecified atom stereocenters. The van der Waals surface area contributed by atoms with Gasteiger partial charge in [-0.2, -0.15) is 0 Å². The first-order valence-electron chi connectivity index (χ1n) is 10.7. The van der Waals surface area contributed by atoms with Gasteiger partial charge in [0.25, 0.3) is 0 Å². The van der Waals surface area contributed by atoms with E-state index in [0.717, 1.165) is 16.5 Å². The summed E-state index contributed by atoms with van der Waals surface area (Å²) in [5.74, 6) is 0.225. The lowest BCUT2D eigenvalue weighted by Crippen LogP contribution is -2.36. The molecule has 0 saturated heterocycles. The maximum absolute atomic E-state index is 13.0. The lowest BCUT2D eigenvalue weighted by molar-refractivity contribution is 0.0577. The number of nitrogens with one attached hydrogen (secondary N) is 1. The van der Waals surface area contributed by atoms with Crippen LogP contribution in [0.25, 0.3) is 10.9 Å². The number of benzene rings is 2. The van der Waals surface area contributed by atoms with E-state index in [1.54, 1.807) is 11.0 Å². The fourth-order valence-corrected chi connectivity index (χ4v) is 4.26. The SMILES string of the molecule is COC(=O)c1cc2c(OCc3ccccc3)cc3c(c2[nH]1)[C@H](CCl)CN3C(=O)OC(C)(C)C. The van der Waals surface area contributed by atoms with Crippen molar-refractivity contribution in [2.75, 3.05) is 24.4 Å². The molecule has 2 aromatic carbocycles. The smallest absolute Gasteiger partial charge is 0.414 e. The molecule has 4 rings (SSSR count). The summed E-state index contributed by atoms with van der Waals surface area (Å²) in [6.45, 7) is 6.18. The Kier molecular flexibility index (Phi) is 6.26. The zero-order valence-corrected chi connectivity index (χ0v) is 19.9. The van der Waals surface area contributed by atoms with Crippen LogP contribution >= 0.6 is 11.6 Å². The fourth-order valence-electron chi connectivity index (χ4n) is 4.01. The Morgan fingerprint density at radius 2 is 1.91 bits per heavy atom. The highest BCUT2D eigenvalue weighted by Gasteiger charge is 2.37. The number of fused-ring (bicyclic) bond motifs is 3. The molecular formula is C25H27ClN2O5. The summed E-state index contributed by atoms with van der Waals surface area (Å²) in [4.78, 5) is 30.0. The summed E-state index contributed by atoms with van der Waals surface area (Å²) >= 11 is 6.30. The maximum atomic E-state index is 13.0. The molecule has 0 fully saturated rings. The van der Waals surface area contributed by atoms with Crippen LogP contribution in [0.2, 0.25) is 0 Å². The van der Waals surface area contributed by atoms with Crippen molar-refractivity contribution in [3.8, 4) is 5.75 Å². The molecule has 7 nitrogen and oxygen atoms in total. The molecule has 0 spiro atoms. The number of H-pyrrole nitrogens is 1. The second-order valence-corrected chi connectivity index (χ2v) is 9.30. The Hall–Kier alpha value is -3.19. The number of aromatic nitrogens is 1. The van der Waals surface area contributed by atoms with E-state index >= 15 is 0 Å². The normalized spacial score (nSPS) is 15.4. The number of aromatic amines is 1. The van der Waals surface area contributed by atoms with Crippen LogP contribution in [0.15, 0.2) is 42.5 Å². The Balaban J connectivity index is 1.83. The molecule has 174 valence electrons. The molecule has 8 heteroatoms. The molecule has 1 aliphatic rings. The second kappa shape index (κ2) is 8.98. The van der Waals surface area contributed by atoms with Crippen LogP contribution in [0.5, 0.6) is 5.75 Å². The lowest BCUT2D eigenvalue weighted by atomic mass is 10.00. The van der Waals surface area contributed by atoms with Crippen molar-refractivity contribution in [1.29, 1.82) is 0 Å². The third-order valence-corrected chi connectivity index (χ3v) is 5.81. The quantitative estimate of drug-likeness (QED) is 0.387. The predicted octanol–water partition coefficient (Wildman–Crippen LogP) is 5.61. The van der Waals surface area contributed by atoms with Gasteiger partial charge in [-0.05, 0) is 32.4 Å². The van der Waals surface area contributed by atoms with E-state index in [-0.39, 0.29) is 5.92 Å². The van der Waals surface area contributed by atoms with Gasteiger partial charge in [0.2, 0.25) is 0 Å². The van der Waals surface area contributed by atoms with Gasteiger partial charge < -0.3 is 19.2 Å². The number of carbonyl (C=O) groups excluding carboxylic acids is 2. The molecule has 1 N–H and O–H groups in total. The Bertz CT molecular complexity index is 1180. The van der Waals surface area contributed by atoms with Crippen LogP contribution in [0.4, 0.5) is 10.5 Å². The molecule has 1 amide bonds. The molecular weight excluding hydrogens is 444 g/mol. The van der Waals surface area contributed by atoms with Crippen molar-refractivity contribution in [2.24, 2.45) is 0 Å². The number of anilines is 1. The number of hydrogen-bond donors (Lipinski definition) is 1. The van der Waals surface area contributed by atoms with Gasteiger partial charge in [-0.1, -0.05) is 30.3 Å². The number of hydrogen-bond acceptors (Lipinski definition) is 5. The third-order valence-electron chi connectivity index (χ3n) is 5.44. The third kappa shape index (κ3) is 4.64. The maximum Gasteiger partial charge on any atom is 0.414 e. The molecule has 1 aliphatic heterocycles. The number of alkyl halides is 1. The highest BCUT2D eigenvalue weighted by atomic mass is 35.5. The highest BCUT2D eigenvalue weighted by molar-refractivity contribution is 6.19. The molecule has 2 heterocycles. The first-order chi connectivity index (χ1) is 15.7. The summed E-state index contributed by atoms with van der Waals surface area (Å²) in [5, 5.41) is 0.728. The van der Waals surface area contributed by atoms with Gasteiger partial charge in [0.05, 0.1) is 18.3 Å². The largest absolute Gasteiger partial charge is 0.488 e. The summed E-state index contributed by atoms with van der Waals surface area (Å²) in [6, 6.07) is 13.3. The van der Waals surface area contributed by atoms with Crippen molar-refractivity contribution >= 4 is 40.3 Å². The zero-order valence-electron chi connectivity index (χ0n) is 19.1. The van der Waals surface area contributed by atoms with Crippen molar-refractivity contribution < 1.29 is 23.8 Å². The number of nitrogens with zero attached hydrogens (tertiary/aromatic N) is 1. The topological polar surface area (TPSA) is 80.9 Å². The van der Waals surface area contributed by atoms with Crippen LogP contribution in [0.3, 0.4) is 0 Å². The number of carbonyl (C=O) groups is 2. The standard InChI is InChI=1S/C25H27ClN2O5/c1-25(2,3)33-24(30)28-13-16(12-26)21-19(28)11-20(32-14-15-8-6-5-7-9-15)17-10-18(23(29)31-4)27-22(17)21/h5-11,16,27H,12-14H2,1-4H3/t16-/m1/s1. The number of ether oxygens (including phenoxy) is 3. The summed E-state index contributed by atoms with van der Waals surface area (Å²) in [5.41, 5.74) is 2.87. The predicted molar refractivity (Wildman–Crippen MR) is 127 cm³/mol. The van der Waals surface area contributed by atoms with Crippen molar-refractivity contribution in [1.82, 2.24) is 4.98 Å². The first-order valence-corrected chi connectivity index (χ1v) is 11.3. The van der Waals surface area contributed by atoms with Crippen LogP contribution in [-0.2, 0) is 16.1 Å². The molecule has 0 bridgehead atoms. The zero-order chi connectivity index (χ0) is 23.8. The van der Waals surface area contributed by atoms with Crippen molar-refractivity contribution in [3.63, 3.8) is 0 Å². The summed E-state index contributed by atoms with van der Waals surface area (Å²) in [7, 11) is 1.33. The lowest BCUT2D eigenvalue weighted by Gasteiger charge is -2.25. The van der Waals surface area contributed by atoms with Gasteiger partial charge in [-0.25, -0.2) is 9.59 Å². The number of amides is 1. The second-order valence-electron chi connectivity index (χ2n) is 8.99. The van der Waals surface area contributed by atoms with E-state index in [9.17, 15) is 9.59 Å². The molecule has 0 saturated carbocycles. The summed E-state index contributed by atoms with van der Waals surface area (Å²) in [6.07, 6.45) is -0.454. The Labute approximate surface area is 197 Å². The van der Waals surface area contributed by atoms with Crippen molar-refractivity contribution in [3.05, 3.63) is 59.3 Å². The van der Waals surface area contributed by atoms with Crippen molar-refractivity contribution in [2.45, 2.75) is 38.9 Å². The van der Waals surface area contributed by atoms with Gasteiger partial charge in [0.15, 0.2) is 0 Å². The number of rotatable bonds is 5. The average Bonchev–Trinajstić information content (AvgIpc) is 3.38. The van der Waals surface area contributed by atoms with Crippen LogP contribution in [0, 0.1) is 0 Å². The first kappa shape index (κ1) is 23.0. The molecule has 0 aliphatic carbocycles. The van der Waals surface area contributed by atoms with E-state index in [4.69, 9.17) is 25.8 Å². The minimum absolute atomic E-state index is 0.135. The molecule has 1 atom stereocenters. The van der Waals surface area contributed by atoms with Crippen LogP contribution in [0.1, 0.15) is 48.3 Å². The van der Waals surface area contributed by atoms with Gasteiger partial charge >= 0.3 is 12.1 Å². The van der Waals surface area contributed by atoms with Gasteiger partial charge in [0.1, 0.15) is 23.7 Å². The highest BCUT2D eigenvalue weighted by Crippen LogP contribution is 2.46. The van der Waals surface area contributed by atoms with Crippen LogP contribution < -0.4 is 9.64 Å². The molecule has 3 aromatic rings. The van der Waals surface area contributed by atoms with E-state index in [2.05, 4.69) is 4.98 Å². The minimum atomic E-state index is -0.641. The fraction of sp³-hybridized carbons (Fsp3) is 0.360. The summed E-state index contributed by atoms with van der Waals surface area (Å²) < 4.78 is 16.7. The average molecular weight is 471 g/mol. The molecule has 33 heavy (non-hydrogen) atoms. The minimum Gasteiger partial charge on any atom is -0.488 e. The van der Waals surface area contributed by atoms with Gasteiger partial charge in [-0.15, -0.1) is 11.6 Å². The number of halogens is 1. The van der Waals surface area contributed by atoms with E-state index in [0.29, 0.717) is 41.7 Å². The van der Waals surface area contributed by atoms with E-state index < -0.39 is 17.7 Å². The Morgan fingerprint density at radius 3 is 2.55 bits per heavy atom. The van der Waals surface area contributed by atoms with E-state index in [1.807, 2.05) is 57.2 Å². The number of esters is 1. The van der Waals surface area contributed by atoms with Crippen LogP contribution in [-0.4, -0.2) is 42.2 Å². The number of methoxy groups -OCH3 is 1. The van der Waals surface area contributed by atoms with Gasteiger partial charge in [0, 0.05) is 35.4 Å². The van der Waals surface area contributed by atoms with Gasteiger partial charge in [-0.3, -0.25) is 4.90 Å². The molecule has 1 aromatic heterocycles. The monoisotopic (exact) mass is 470 g/mol. The Morgan fingerprint density at radius 1 is 1.18 bits per heavy atom. The van der Waals surface area contributed by atoms with E-state index in [1.165, 1.54) is 7.11 Å². The molecule has 0 radical (unpaired) electrons.